The summed E-state index contributed by atoms with van der Waals surface area (Å²) in [7, 11) is 3.02. The molecule has 3 heterocycles. The molecule has 0 radical (unpaired) electrons. The predicted octanol–water partition coefficient (Wildman–Crippen LogP) is 0.205. The fraction of sp³-hybridized carbons (Fsp3) is 0.684. The van der Waals surface area contributed by atoms with Crippen molar-refractivity contribution in [3.63, 3.8) is 0 Å². The molecule has 1 amide bonds. The summed E-state index contributed by atoms with van der Waals surface area (Å²) in [6.07, 6.45) is 5.47. The molecule has 2 aromatic heterocycles. The van der Waals surface area contributed by atoms with Gasteiger partial charge in [0.1, 0.15) is 0 Å². The van der Waals surface area contributed by atoms with Crippen LogP contribution in [0.5, 0.6) is 0 Å². The Hall–Kier alpha value is -2.42. The summed E-state index contributed by atoms with van der Waals surface area (Å²) in [5.74, 6) is -0.0643. The molecule has 0 spiro atoms. The van der Waals surface area contributed by atoms with Crippen molar-refractivity contribution in [1.29, 1.82) is 0 Å². The van der Waals surface area contributed by atoms with Gasteiger partial charge in [-0.15, -0.1) is 0 Å². The van der Waals surface area contributed by atoms with E-state index >= 15 is 0 Å². The SMILES string of the molecule is Cn1c(=O)c2c(ncn2CCC(=O)NC(C)(C)CN2CCCCC2)n(C)c1=O. The molecule has 1 N–H and O–H groups in total. The maximum absolute atomic E-state index is 12.5. The van der Waals surface area contributed by atoms with Crippen molar-refractivity contribution < 1.29 is 4.79 Å². The number of amides is 1. The quantitative estimate of drug-likeness (QED) is 0.761. The van der Waals surface area contributed by atoms with Gasteiger partial charge in [-0.1, -0.05) is 6.42 Å². The lowest BCUT2D eigenvalue weighted by Crippen LogP contribution is -2.52. The fourth-order valence-corrected chi connectivity index (χ4v) is 3.94. The highest BCUT2D eigenvalue weighted by Crippen LogP contribution is 2.13. The van der Waals surface area contributed by atoms with Crippen LogP contribution in [-0.2, 0) is 25.4 Å². The van der Waals surface area contributed by atoms with Crippen molar-refractivity contribution in [1.82, 2.24) is 28.9 Å². The van der Waals surface area contributed by atoms with E-state index in [2.05, 4.69) is 15.2 Å². The first kappa shape index (κ1) is 20.3. The topological polar surface area (TPSA) is 94.2 Å². The lowest BCUT2D eigenvalue weighted by Gasteiger charge is -2.35. The van der Waals surface area contributed by atoms with Crippen LogP contribution in [0, 0.1) is 0 Å². The molecule has 0 aliphatic carbocycles. The zero-order valence-corrected chi connectivity index (χ0v) is 17.2. The fourth-order valence-electron chi connectivity index (χ4n) is 3.94. The molecule has 0 aromatic carbocycles. The number of fused-ring (bicyclic) bond motifs is 1. The largest absolute Gasteiger partial charge is 0.350 e. The zero-order chi connectivity index (χ0) is 20.5. The van der Waals surface area contributed by atoms with Gasteiger partial charge in [0, 0.05) is 39.1 Å². The Morgan fingerprint density at radius 2 is 1.82 bits per heavy atom. The molecular formula is C19H30N6O3. The number of aryl methyl sites for hydroxylation is 2. The van der Waals surface area contributed by atoms with Gasteiger partial charge in [0.15, 0.2) is 11.2 Å². The van der Waals surface area contributed by atoms with Gasteiger partial charge >= 0.3 is 5.69 Å². The van der Waals surface area contributed by atoms with Crippen LogP contribution >= 0.6 is 0 Å². The number of hydrogen-bond donors (Lipinski definition) is 1. The molecule has 0 saturated carbocycles. The monoisotopic (exact) mass is 390 g/mol. The Morgan fingerprint density at radius 3 is 2.50 bits per heavy atom. The number of nitrogens with zero attached hydrogens (tertiary/aromatic N) is 5. The van der Waals surface area contributed by atoms with Crippen molar-refractivity contribution in [2.75, 3.05) is 19.6 Å². The second-order valence-corrected chi connectivity index (χ2v) is 8.33. The smallest absolute Gasteiger partial charge is 0.332 e. The van der Waals surface area contributed by atoms with Crippen LogP contribution in [0.25, 0.3) is 11.2 Å². The van der Waals surface area contributed by atoms with Crippen molar-refractivity contribution in [2.24, 2.45) is 14.1 Å². The van der Waals surface area contributed by atoms with Gasteiger partial charge < -0.3 is 14.8 Å². The zero-order valence-electron chi connectivity index (χ0n) is 17.2. The molecule has 1 aliphatic heterocycles. The van der Waals surface area contributed by atoms with Crippen LogP contribution in [0.15, 0.2) is 15.9 Å². The molecule has 1 saturated heterocycles. The summed E-state index contributed by atoms with van der Waals surface area (Å²) < 4.78 is 4.05. The minimum atomic E-state index is -0.417. The van der Waals surface area contributed by atoms with Crippen LogP contribution in [0.2, 0.25) is 0 Å². The summed E-state index contributed by atoms with van der Waals surface area (Å²) in [6, 6.07) is 0. The number of aromatic nitrogens is 4. The van der Waals surface area contributed by atoms with E-state index in [9.17, 15) is 14.4 Å². The predicted molar refractivity (Wildman–Crippen MR) is 107 cm³/mol. The van der Waals surface area contributed by atoms with Crippen LogP contribution in [0.4, 0.5) is 0 Å². The van der Waals surface area contributed by atoms with E-state index in [4.69, 9.17) is 0 Å². The molecule has 9 nitrogen and oxygen atoms in total. The highest BCUT2D eigenvalue weighted by molar-refractivity contribution is 5.77. The molecule has 9 heteroatoms. The Labute approximate surface area is 164 Å². The molecule has 0 unspecified atom stereocenters. The first-order chi connectivity index (χ1) is 13.2. The molecule has 1 aliphatic rings. The maximum Gasteiger partial charge on any atom is 0.332 e. The van der Waals surface area contributed by atoms with Crippen molar-refractivity contribution in [3.8, 4) is 0 Å². The third-order valence-corrected chi connectivity index (χ3v) is 5.34. The maximum atomic E-state index is 12.5. The number of hydrogen-bond acceptors (Lipinski definition) is 5. The highest BCUT2D eigenvalue weighted by atomic mass is 16.2. The normalized spacial score (nSPS) is 15.9. The number of carbonyl (C=O) groups excluding carboxylic acids is 1. The van der Waals surface area contributed by atoms with Gasteiger partial charge in [-0.05, 0) is 39.8 Å². The molecule has 0 bridgehead atoms. The molecule has 3 rings (SSSR count). The lowest BCUT2D eigenvalue weighted by atomic mass is 10.0. The van der Waals surface area contributed by atoms with E-state index in [1.54, 1.807) is 11.6 Å². The Morgan fingerprint density at radius 1 is 1.14 bits per heavy atom. The van der Waals surface area contributed by atoms with Crippen LogP contribution in [0.1, 0.15) is 39.5 Å². The Kier molecular flexibility index (Phi) is 5.74. The van der Waals surface area contributed by atoms with Crippen LogP contribution in [0.3, 0.4) is 0 Å². The van der Waals surface area contributed by atoms with Crippen LogP contribution in [-0.4, -0.2) is 54.7 Å². The number of carbonyl (C=O) groups is 1. The van der Waals surface area contributed by atoms with Crippen molar-refractivity contribution in [2.45, 2.75) is 51.6 Å². The second kappa shape index (κ2) is 7.90. The summed E-state index contributed by atoms with van der Waals surface area (Å²) >= 11 is 0. The Balaban J connectivity index is 1.66. The minimum absolute atomic E-state index is 0.0643. The van der Waals surface area contributed by atoms with Crippen LogP contribution < -0.4 is 16.6 Å². The molecule has 1 fully saturated rings. The number of nitrogens with one attached hydrogen (secondary N) is 1. The first-order valence-electron chi connectivity index (χ1n) is 9.84. The molecule has 0 atom stereocenters. The third kappa shape index (κ3) is 4.19. The molecule has 2 aromatic rings. The summed E-state index contributed by atoms with van der Waals surface area (Å²) in [5.41, 5.74) is -0.462. The van der Waals surface area contributed by atoms with E-state index in [1.807, 2.05) is 13.8 Å². The standard InChI is InChI=1S/C19H30N6O3/c1-19(2,12-24-9-6-5-7-10-24)21-14(26)8-11-25-13-20-16-15(25)17(27)23(4)18(28)22(16)3/h13H,5-12H2,1-4H3,(H,21,26). The van der Waals surface area contributed by atoms with E-state index < -0.39 is 11.2 Å². The number of rotatable bonds is 6. The van der Waals surface area contributed by atoms with Crippen molar-refractivity contribution in [3.05, 3.63) is 27.2 Å². The van der Waals surface area contributed by atoms with E-state index in [1.165, 1.54) is 37.2 Å². The van der Waals surface area contributed by atoms with Gasteiger partial charge in [-0.25, -0.2) is 9.78 Å². The first-order valence-corrected chi connectivity index (χ1v) is 9.84. The summed E-state index contributed by atoms with van der Waals surface area (Å²) in [5, 5.41) is 3.11. The average molecular weight is 390 g/mol. The van der Waals surface area contributed by atoms with Gasteiger partial charge in [0.25, 0.3) is 5.56 Å². The third-order valence-electron chi connectivity index (χ3n) is 5.34. The number of piperidine rings is 1. The van der Waals surface area contributed by atoms with Crippen molar-refractivity contribution >= 4 is 17.1 Å². The molecule has 28 heavy (non-hydrogen) atoms. The van der Waals surface area contributed by atoms with E-state index in [0.717, 1.165) is 24.2 Å². The average Bonchev–Trinajstić information content (AvgIpc) is 3.07. The number of imidazole rings is 1. The van der Waals surface area contributed by atoms with Gasteiger partial charge in [-0.3, -0.25) is 18.7 Å². The van der Waals surface area contributed by atoms with Gasteiger partial charge in [0.2, 0.25) is 5.91 Å². The molecule has 154 valence electrons. The lowest BCUT2D eigenvalue weighted by molar-refractivity contribution is -0.123. The molecular weight excluding hydrogens is 360 g/mol. The second-order valence-electron chi connectivity index (χ2n) is 8.33. The van der Waals surface area contributed by atoms with E-state index in [0.29, 0.717) is 17.7 Å². The van der Waals surface area contributed by atoms with E-state index in [-0.39, 0.29) is 17.9 Å². The minimum Gasteiger partial charge on any atom is -0.350 e. The number of likely N-dealkylation sites (tertiary alicyclic amines) is 1. The van der Waals surface area contributed by atoms with Gasteiger partial charge in [0.05, 0.1) is 6.33 Å². The highest BCUT2D eigenvalue weighted by Gasteiger charge is 2.25. The Bertz CT molecular complexity index is 978. The van der Waals surface area contributed by atoms with Gasteiger partial charge in [-0.2, -0.15) is 0 Å². The summed E-state index contributed by atoms with van der Waals surface area (Å²) in [6.45, 7) is 7.41. The summed E-state index contributed by atoms with van der Waals surface area (Å²) in [4.78, 5) is 43.6.